The smallest absolute Gasteiger partial charge is 0.319 e. The molecular formula is C15H16F2N4O. The van der Waals surface area contributed by atoms with E-state index in [2.05, 4.69) is 15.0 Å². The number of benzene rings is 1. The van der Waals surface area contributed by atoms with Gasteiger partial charge in [-0.25, -0.2) is 18.8 Å². The van der Waals surface area contributed by atoms with E-state index in [0.29, 0.717) is 0 Å². The number of hydrogen-bond acceptors (Lipinski definition) is 4. The van der Waals surface area contributed by atoms with Crippen molar-refractivity contribution >= 4 is 12.2 Å². The topological polar surface area (TPSA) is 50.6 Å². The van der Waals surface area contributed by atoms with Crippen molar-refractivity contribution in [3.05, 3.63) is 47.7 Å². The van der Waals surface area contributed by atoms with Crippen molar-refractivity contribution in [2.45, 2.75) is 13.0 Å². The van der Waals surface area contributed by atoms with Gasteiger partial charge in [-0.1, -0.05) is 12.1 Å². The lowest BCUT2D eigenvalue weighted by Gasteiger charge is -2.13. The Morgan fingerprint density at radius 1 is 1.23 bits per heavy atom. The van der Waals surface area contributed by atoms with Crippen LogP contribution in [0.25, 0.3) is 0 Å². The molecule has 0 radical (unpaired) electrons. The molecule has 0 aliphatic rings. The molecule has 0 fully saturated rings. The molecule has 0 saturated carbocycles. The predicted octanol–water partition coefficient (Wildman–Crippen LogP) is 3.12. The van der Waals surface area contributed by atoms with Crippen molar-refractivity contribution < 1.29 is 13.5 Å². The largest absolute Gasteiger partial charge is 0.456 e. The fourth-order valence-corrected chi connectivity index (χ4v) is 1.62. The van der Waals surface area contributed by atoms with Gasteiger partial charge in [0.1, 0.15) is 11.9 Å². The minimum Gasteiger partial charge on any atom is -0.456 e. The predicted molar refractivity (Wildman–Crippen MR) is 79.3 cm³/mol. The third-order valence-corrected chi connectivity index (χ3v) is 2.74. The Bertz CT molecular complexity index is 659. The zero-order valence-corrected chi connectivity index (χ0v) is 12.5. The van der Waals surface area contributed by atoms with Crippen molar-refractivity contribution in [2.75, 3.05) is 14.1 Å². The average molecular weight is 306 g/mol. The molecule has 2 rings (SSSR count). The third kappa shape index (κ3) is 4.21. The summed E-state index contributed by atoms with van der Waals surface area (Å²) in [6.07, 6.45) is 2.03. The van der Waals surface area contributed by atoms with Gasteiger partial charge in [-0.05, 0) is 24.6 Å². The van der Waals surface area contributed by atoms with Crippen LogP contribution in [0.4, 0.5) is 14.6 Å². The standard InChI is InChI=1S/C15H16F2N4O/c1-10(11-4-6-12(16)7-5-11)22-15-18-8-13(17)14(20-15)19-9-21(2)3/h4-10H,1-3H3. The number of aromatic nitrogens is 2. The molecule has 1 unspecified atom stereocenters. The van der Waals surface area contributed by atoms with Crippen LogP contribution in [-0.4, -0.2) is 35.3 Å². The molecule has 0 saturated heterocycles. The van der Waals surface area contributed by atoms with Crippen molar-refractivity contribution in [3.63, 3.8) is 0 Å². The van der Waals surface area contributed by atoms with Crippen LogP contribution in [0.3, 0.4) is 0 Å². The molecule has 0 aliphatic heterocycles. The quantitative estimate of drug-likeness (QED) is 0.629. The van der Waals surface area contributed by atoms with Gasteiger partial charge in [0.2, 0.25) is 0 Å². The summed E-state index contributed by atoms with van der Waals surface area (Å²) < 4.78 is 32.0. The normalized spacial score (nSPS) is 12.4. The number of hydrogen-bond donors (Lipinski definition) is 0. The molecule has 116 valence electrons. The maximum absolute atomic E-state index is 13.6. The van der Waals surface area contributed by atoms with E-state index in [1.165, 1.54) is 18.5 Å². The summed E-state index contributed by atoms with van der Waals surface area (Å²) in [5.41, 5.74) is 0.757. The van der Waals surface area contributed by atoms with Crippen LogP contribution < -0.4 is 4.74 Å². The fourth-order valence-electron chi connectivity index (χ4n) is 1.62. The molecule has 0 aliphatic carbocycles. The molecule has 1 heterocycles. The van der Waals surface area contributed by atoms with Crippen molar-refractivity contribution in [1.82, 2.24) is 14.9 Å². The Morgan fingerprint density at radius 2 is 1.91 bits per heavy atom. The first-order valence-corrected chi connectivity index (χ1v) is 6.61. The van der Waals surface area contributed by atoms with Gasteiger partial charge in [0.05, 0.1) is 12.5 Å². The van der Waals surface area contributed by atoms with Gasteiger partial charge in [0.15, 0.2) is 11.6 Å². The van der Waals surface area contributed by atoms with Gasteiger partial charge in [-0.3, -0.25) is 0 Å². The fraction of sp³-hybridized carbons (Fsp3) is 0.267. The van der Waals surface area contributed by atoms with E-state index in [4.69, 9.17) is 4.74 Å². The first-order chi connectivity index (χ1) is 10.5. The van der Waals surface area contributed by atoms with Crippen LogP contribution in [0.15, 0.2) is 35.5 Å². The molecule has 1 aromatic heterocycles. The monoisotopic (exact) mass is 306 g/mol. The van der Waals surface area contributed by atoms with Crippen molar-refractivity contribution in [1.29, 1.82) is 0 Å². The molecule has 0 N–H and O–H groups in total. The Hall–Kier alpha value is -2.57. The lowest BCUT2D eigenvalue weighted by Crippen LogP contribution is -2.08. The summed E-state index contributed by atoms with van der Waals surface area (Å²) in [7, 11) is 3.52. The second-order valence-corrected chi connectivity index (χ2v) is 4.84. The second-order valence-electron chi connectivity index (χ2n) is 4.84. The van der Waals surface area contributed by atoms with E-state index < -0.39 is 11.9 Å². The number of rotatable bonds is 5. The number of halogens is 2. The molecule has 0 spiro atoms. The maximum atomic E-state index is 13.6. The van der Waals surface area contributed by atoms with E-state index in [0.717, 1.165) is 11.8 Å². The molecule has 7 heteroatoms. The molecule has 5 nitrogen and oxygen atoms in total. The SMILES string of the molecule is CC(Oc1ncc(F)c(N=CN(C)C)n1)c1ccc(F)cc1. The maximum Gasteiger partial charge on any atom is 0.319 e. The molecule has 1 aromatic carbocycles. The van der Waals surface area contributed by atoms with Crippen LogP contribution in [0.2, 0.25) is 0 Å². The zero-order chi connectivity index (χ0) is 16.1. The van der Waals surface area contributed by atoms with Gasteiger partial charge in [-0.2, -0.15) is 4.98 Å². The number of ether oxygens (including phenoxy) is 1. The first kappa shape index (κ1) is 15.8. The molecule has 1 atom stereocenters. The summed E-state index contributed by atoms with van der Waals surface area (Å²) in [6, 6.07) is 5.90. The first-order valence-electron chi connectivity index (χ1n) is 6.61. The number of nitrogens with zero attached hydrogens (tertiary/aromatic N) is 4. The van der Waals surface area contributed by atoms with E-state index in [-0.39, 0.29) is 17.6 Å². The molecule has 0 bridgehead atoms. The van der Waals surface area contributed by atoms with Gasteiger partial charge < -0.3 is 9.64 Å². The Labute approximate surface area is 127 Å². The van der Waals surface area contributed by atoms with Crippen LogP contribution in [-0.2, 0) is 0 Å². The summed E-state index contributed by atoms with van der Waals surface area (Å²) >= 11 is 0. The summed E-state index contributed by atoms with van der Waals surface area (Å²) in [4.78, 5) is 13.3. The van der Waals surface area contributed by atoms with Crippen molar-refractivity contribution in [3.8, 4) is 6.01 Å². The average Bonchev–Trinajstić information content (AvgIpc) is 2.48. The summed E-state index contributed by atoms with van der Waals surface area (Å²) in [6.45, 7) is 1.77. The zero-order valence-electron chi connectivity index (χ0n) is 12.5. The van der Waals surface area contributed by atoms with E-state index in [9.17, 15) is 8.78 Å². The molecule has 22 heavy (non-hydrogen) atoms. The summed E-state index contributed by atoms with van der Waals surface area (Å²) in [5.74, 6) is -1.07. The van der Waals surface area contributed by atoms with Crippen LogP contribution in [0.5, 0.6) is 6.01 Å². The Kier molecular flexibility index (Phi) is 4.98. The third-order valence-electron chi connectivity index (χ3n) is 2.74. The lowest BCUT2D eigenvalue weighted by atomic mass is 10.1. The van der Waals surface area contributed by atoms with Gasteiger partial charge in [0, 0.05) is 14.1 Å². The Morgan fingerprint density at radius 3 is 2.55 bits per heavy atom. The van der Waals surface area contributed by atoms with Gasteiger partial charge in [0.25, 0.3) is 0 Å². The molecule has 2 aromatic rings. The highest BCUT2D eigenvalue weighted by molar-refractivity contribution is 5.59. The highest BCUT2D eigenvalue weighted by Crippen LogP contribution is 2.22. The summed E-state index contributed by atoms with van der Waals surface area (Å²) in [5, 5.41) is 0. The minimum atomic E-state index is -0.639. The highest BCUT2D eigenvalue weighted by atomic mass is 19.1. The number of aliphatic imine (C=N–C) groups is 1. The van der Waals surface area contributed by atoms with Gasteiger partial charge in [-0.15, -0.1) is 0 Å². The molecular weight excluding hydrogens is 290 g/mol. The van der Waals surface area contributed by atoms with Crippen LogP contribution in [0, 0.1) is 11.6 Å². The highest BCUT2D eigenvalue weighted by Gasteiger charge is 2.12. The van der Waals surface area contributed by atoms with E-state index >= 15 is 0 Å². The van der Waals surface area contributed by atoms with Crippen LogP contribution in [0.1, 0.15) is 18.6 Å². The lowest BCUT2D eigenvalue weighted by molar-refractivity contribution is 0.206. The van der Waals surface area contributed by atoms with E-state index in [1.807, 2.05) is 0 Å². The van der Waals surface area contributed by atoms with Crippen molar-refractivity contribution in [2.24, 2.45) is 4.99 Å². The second kappa shape index (κ2) is 6.93. The molecule has 0 amide bonds. The Balaban J connectivity index is 2.15. The van der Waals surface area contributed by atoms with E-state index in [1.54, 1.807) is 38.1 Å². The minimum absolute atomic E-state index is 0.00383. The van der Waals surface area contributed by atoms with Crippen LogP contribution >= 0.6 is 0 Å². The van der Waals surface area contributed by atoms with Gasteiger partial charge >= 0.3 is 6.01 Å².